The summed E-state index contributed by atoms with van der Waals surface area (Å²) in [6.45, 7) is 0. The van der Waals surface area contributed by atoms with Crippen molar-refractivity contribution in [3.63, 3.8) is 0 Å². The van der Waals surface area contributed by atoms with E-state index >= 15 is 0 Å². The van der Waals surface area contributed by atoms with Gasteiger partial charge in [-0.15, -0.1) is 0 Å². The second-order valence-corrected chi connectivity index (χ2v) is 9.96. The number of amides is 2. The Morgan fingerprint density at radius 2 is 1.43 bits per heavy atom. The first-order valence-electron chi connectivity index (χ1n) is 11.0. The summed E-state index contributed by atoms with van der Waals surface area (Å²) < 4.78 is 12.7. The predicted molar refractivity (Wildman–Crippen MR) is 133 cm³/mol. The van der Waals surface area contributed by atoms with Crippen molar-refractivity contribution < 1.29 is 28.7 Å². The molecule has 3 aromatic carbocycles. The number of ether oxygens (including phenoxy) is 2. The molecule has 3 aromatic rings. The van der Waals surface area contributed by atoms with Gasteiger partial charge < -0.3 is 9.47 Å². The van der Waals surface area contributed by atoms with Crippen LogP contribution in [0.25, 0.3) is 0 Å². The summed E-state index contributed by atoms with van der Waals surface area (Å²) >= 11 is 2.16. The Morgan fingerprint density at radius 1 is 0.829 bits per heavy atom. The van der Waals surface area contributed by atoms with Gasteiger partial charge in [0.05, 0.1) is 30.7 Å². The quantitative estimate of drug-likeness (QED) is 0.265. The van der Waals surface area contributed by atoms with Gasteiger partial charge in [-0.2, -0.15) is 0 Å². The maximum Gasteiger partial charge on any atom is 0.241 e. The first-order chi connectivity index (χ1) is 16.9. The number of Topliss-reactive ketones (excluding diaryl/α,β-unsaturated/α-hetero) is 2. The van der Waals surface area contributed by atoms with Crippen LogP contribution in [0.15, 0.2) is 72.8 Å². The second kappa shape index (κ2) is 7.82. The fourth-order valence-corrected chi connectivity index (χ4v) is 5.88. The molecule has 8 heteroatoms. The molecule has 0 N–H and O–H groups in total. The molecule has 1 spiro atoms. The van der Waals surface area contributed by atoms with Crippen molar-refractivity contribution in [1.29, 1.82) is 0 Å². The highest BCUT2D eigenvalue weighted by molar-refractivity contribution is 14.1. The van der Waals surface area contributed by atoms with E-state index in [0.29, 0.717) is 11.3 Å². The van der Waals surface area contributed by atoms with Crippen LogP contribution in [0.3, 0.4) is 0 Å². The van der Waals surface area contributed by atoms with E-state index in [2.05, 4.69) is 22.6 Å². The lowest BCUT2D eigenvalue weighted by Crippen LogP contribution is -2.51. The third kappa shape index (κ3) is 2.86. The van der Waals surface area contributed by atoms with E-state index in [0.717, 1.165) is 8.47 Å². The van der Waals surface area contributed by atoms with Gasteiger partial charge in [-0.1, -0.05) is 48.5 Å². The highest BCUT2D eigenvalue weighted by Gasteiger charge is 2.74. The number of halogens is 1. The lowest BCUT2D eigenvalue weighted by atomic mass is 9.77. The van der Waals surface area contributed by atoms with Gasteiger partial charge in [0.15, 0.2) is 0 Å². The van der Waals surface area contributed by atoms with E-state index in [1.54, 1.807) is 60.7 Å². The molecule has 0 bridgehead atoms. The number of hydrogen-bond donors (Lipinski definition) is 0. The highest BCUT2D eigenvalue weighted by Crippen LogP contribution is 2.58. The van der Waals surface area contributed by atoms with Crippen LogP contribution >= 0.6 is 22.6 Å². The fourth-order valence-electron chi connectivity index (χ4n) is 5.52. The molecule has 0 radical (unpaired) electrons. The van der Waals surface area contributed by atoms with Gasteiger partial charge in [0.2, 0.25) is 29.0 Å². The summed E-state index contributed by atoms with van der Waals surface area (Å²) in [7, 11) is 1.45. The molecule has 2 aliphatic heterocycles. The topological polar surface area (TPSA) is 90.0 Å². The standard InChI is InChI=1S/C27H18INO6/c1-34-19-9-5-4-8-18(19)29-25(32)20-21(26(29)33)27(35-22(20)14-10-12-15(28)13-11-14)23(30)16-6-2-3-7-17(16)24(27)31/h2-13,20-22H,1H3/t20-,21-,22+/m0/s1. The van der Waals surface area contributed by atoms with Gasteiger partial charge in [0.1, 0.15) is 5.75 Å². The Balaban J connectivity index is 1.55. The van der Waals surface area contributed by atoms with Crippen LogP contribution in [0.4, 0.5) is 5.69 Å². The summed E-state index contributed by atoms with van der Waals surface area (Å²) in [5, 5.41) is 0. The van der Waals surface area contributed by atoms with Gasteiger partial charge in [0.25, 0.3) is 0 Å². The number of nitrogens with zero attached hydrogens (tertiary/aromatic N) is 1. The molecule has 0 unspecified atom stereocenters. The molecule has 2 amide bonds. The number of carbonyl (C=O) groups is 4. The molecule has 174 valence electrons. The number of hydrogen-bond acceptors (Lipinski definition) is 6. The summed E-state index contributed by atoms with van der Waals surface area (Å²) in [6.07, 6.45) is -0.949. The Hall–Kier alpha value is -3.37. The van der Waals surface area contributed by atoms with E-state index in [4.69, 9.17) is 9.47 Å². The molecule has 3 aliphatic rings. The predicted octanol–water partition coefficient (Wildman–Crippen LogP) is 3.99. The molecule has 0 saturated carbocycles. The summed E-state index contributed by atoms with van der Waals surface area (Å²) in [5.74, 6) is -4.34. The number of para-hydroxylation sites is 2. The zero-order valence-corrected chi connectivity index (χ0v) is 20.6. The van der Waals surface area contributed by atoms with Crippen molar-refractivity contribution in [1.82, 2.24) is 0 Å². The number of ketones is 2. The third-order valence-electron chi connectivity index (χ3n) is 7.04. The lowest BCUT2D eigenvalue weighted by Gasteiger charge is -2.27. The van der Waals surface area contributed by atoms with Crippen LogP contribution in [0.1, 0.15) is 32.4 Å². The Labute approximate surface area is 214 Å². The summed E-state index contributed by atoms with van der Waals surface area (Å²) in [4.78, 5) is 56.4. The maximum absolute atomic E-state index is 14.0. The number of imide groups is 1. The van der Waals surface area contributed by atoms with Crippen LogP contribution in [0.2, 0.25) is 0 Å². The van der Waals surface area contributed by atoms with Crippen molar-refractivity contribution in [3.8, 4) is 5.75 Å². The average molecular weight is 579 g/mol. The monoisotopic (exact) mass is 579 g/mol. The molecular formula is C27H18INO6. The number of benzene rings is 3. The zero-order chi connectivity index (χ0) is 24.5. The van der Waals surface area contributed by atoms with Crippen molar-refractivity contribution in [2.24, 2.45) is 11.8 Å². The molecule has 2 saturated heterocycles. The van der Waals surface area contributed by atoms with Crippen LogP contribution in [-0.4, -0.2) is 36.1 Å². The van der Waals surface area contributed by atoms with Gasteiger partial charge in [-0.25, -0.2) is 4.90 Å². The number of rotatable bonds is 3. The van der Waals surface area contributed by atoms with Gasteiger partial charge in [-0.05, 0) is 52.4 Å². The molecule has 7 nitrogen and oxygen atoms in total. The van der Waals surface area contributed by atoms with E-state index in [1.165, 1.54) is 7.11 Å². The van der Waals surface area contributed by atoms with Gasteiger partial charge in [0, 0.05) is 14.7 Å². The average Bonchev–Trinajstić information content (AvgIpc) is 3.44. The normalized spacial score (nSPS) is 24.3. The Kier molecular flexibility index (Phi) is 4.94. The van der Waals surface area contributed by atoms with E-state index in [9.17, 15) is 19.2 Å². The van der Waals surface area contributed by atoms with E-state index < -0.39 is 46.9 Å². The van der Waals surface area contributed by atoms with Crippen molar-refractivity contribution in [2.45, 2.75) is 11.7 Å². The third-order valence-corrected chi connectivity index (χ3v) is 7.76. The van der Waals surface area contributed by atoms with Crippen molar-refractivity contribution >= 4 is 51.7 Å². The van der Waals surface area contributed by atoms with E-state index in [-0.39, 0.29) is 16.8 Å². The first-order valence-corrected chi connectivity index (χ1v) is 12.1. The highest BCUT2D eigenvalue weighted by atomic mass is 127. The molecule has 2 heterocycles. The summed E-state index contributed by atoms with van der Waals surface area (Å²) in [6, 6.07) is 20.4. The van der Waals surface area contributed by atoms with Crippen LogP contribution < -0.4 is 9.64 Å². The minimum absolute atomic E-state index is 0.204. The maximum atomic E-state index is 14.0. The molecular weight excluding hydrogens is 561 g/mol. The van der Waals surface area contributed by atoms with Crippen LogP contribution in [0.5, 0.6) is 5.75 Å². The largest absolute Gasteiger partial charge is 0.495 e. The zero-order valence-electron chi connectivity index (χ0n) is 18.4. The Morgan fingerprint density at radius 3 is 2.06 bits per heavy atom. The fraction of sp³-hybridized carbons (Fsp3) is 0.185. The van der Waals surface area contributed by atoms with Gasteiger partial charge in [-0.3, -0.25) is 19.2 Å². The number of fused-ring (bicyclic) bond motifs is 3. The minimum atomic E-state index is -2.09. The number of anilines is 1. The molecule has 0 aromatic heterocycles. The smallest absolute Gasteiger partial charge is 0.241 e. The number of methoxy groups -OCH3 is 1. The first kappa shape index (κ1) is 22.1. The molecule has 1 aliphatic carbocycles. The van der Waals surface area contributed by atoms with Crippen molar-refractivity contribution in [3.05, 3.63) is 93.1 Å². The lowest BCUT2D eigenvalue weighted by molar-refractivity contribution is -0.127. The SMILES string of the molecule is COc1ccccc1N1C(=O)[C@@H]2[C@@H](c3ccc(I)cc3)OC3(C(=O)c4ccccc4C3=O)[C@@H]2C1=O. The van der Waals surface area contributed by atoms with Crippen LogP contribution in [0, 0.1) is 15.4 Å². The van der Waals surface area contributed by atoms with Crippen molar-refractivity contribution in [2.75, 3.05) is 12.0 Å². The van der Waals surface area contributed by atoms with Crippen LogP contribution in [-0.2, 0) is 14.3 Å². The van der Waals surface area contributed by atoms with Gasteiger partial charge >= 0.3 is 0 Å². The molecule has 35 heavy (non-hydrogen) atoms. The molecule has 2 fully saturated rings. The summed E-state index contributed by atoms with van der Waals surface area (Å²) in [5.41, 5.74) is -0.792. The molecule has 3 atom stereocenters. The molecule has 6 rings (SSSR count). The minimum Gasteiger partial charge on any atom is -0.495 e. The van der Waals surface area contributed by atoms with E-state index in [1.807, 2.05) is 12.1 Å². The second-order valence-electron chi connectivity index (χ2n) is 8.72. The Bertz CT molecular complexity index is 1400. The number of carbonyl (C=O) groups excluding carboxylic acids is 4.